The number of rotatable bonds is 5. The number of pyridine rings is 1. The van der Waals surface area contributed by atoms with Gasteiger partial charge in [0.25, 0.3) is 0 Å². The zero-order chi connectivity index (χ0) is 20.9. The summed E-state index contributed by atoms with van der Waals surface area (Å²) in [6, 6.07) is 4.27. The topological polar surface area (TPSA) is 64.8 Å². The molecule has 0 saturated carbocycles. The van der Waals surface area contributed by atoms with Gasteiger partial charge in [-0.25, -0.2) is 9.98 Å². The highest BCUT2D eigenvalue weighted by Crippen LogP contribution is 2.26. The first-order valence-corrected chi connectivity index (χ1v) is 11.0. The number of hydrogen-bond acceptors (Lipinski definition) is 5. The highest BCUT2D eigenvalue weighted by molar-refractivity contribution is 5.80. The Morgan fingerprint density at radius 2 is 2.03 bits per heavy atom. The molecule has 2 aliphatic rings. The lowest BCUT2D eigenvalue weighted by atomic mass is 10.0. The number of likely N-dealkylation sites (tertiary alicyclic amines) is 1. The fraction of sp³-hybridized carbons (Fsp3) is 0.591. The summed E-state index contributed by atoms with van der Waals surface area (Å²) in [6.07, 6.45) is 7.18. The van der Waals surface area contributed by atoms with Crippen molar-refractivity contribution in [3.05, 3.63) is 41.9 Å². The molecule has 2 aromatic heterocycles. The van der Waals surface area contributed by atoms with Gasteiger partial charge in [0.1, 0.15) is 5.82 Å². The predicted molar refractivity (Wildman–Crippen MR) is 121 cm³/mol. The predicted octanol–water partition coefficient (Wildman–Crippen LogP) is 1.52. The van der Waals surface area contributed by atoms with Crippen LogP contribution in [-0.4, -0.2) is 83.4 Å². The minimum atomic E-state index is 0.521. The van der Waals surface area contributed by atoms with Gasteiger partial charge >= 0.3 is 0 Å². The largest absolute Gasteiger partial charge is 0.357 e. The summed E-state index contributed by atoms with van der Waals surface area (Å²) in [5.41, 5.74) is 2.53. The van der Waals surface area contributed by atoms with E-state index in [1.165, 1.54) is 11.1 Å². The van der Waals surface area contributed by atoms with Crippen LogP contribution in [0.3, 0.4) is 0 Å². The van der Waals surface area contributed by atoms with Crippen LogP contribution in [0.25, 0.3) is 0 Å². The van der Waals surface area contributed by atoms with Crippen LogP contribution in [0.1, 0.15) is 30.4 Å². The monoisotopic (exact) mass is 410 g/mol. The van der Waals surface area contributed by atoms with E-state index in [-0.39, 0.29) is 0 Å². The number of aryl methyl sites for hydroxylation is 1. The highest BCUT2D eigenvalue weighted by atomic mass is 15.3. The maximum absolute atomic E-state index is 4.95. The molecule has 162 valence electrons. The molecule has 0 radical (unpaired) electrons. The molecule has 4 heterocycles. The first kappa shape index (κ1) is 20.7. The van der Waals surface area contributed by atoms with Crippen LogP contribution in [0.2, 0.25) is 0 Å². The Morgan fingerprint density at radius 1 is 1.20 bits per heavy atom. The van der Waals surface area contributed by atoms with E-state index in [1.807, 2.05) is 24.1 Å². The molecular weight excluding hydrogens is 376 g/mol. The zero-order valence-corrected chi connectivity index (χ0v) is 18.5. The van der Waals surface area contributed by atoms with Crippen molar-refractivity contribution in [1.29, 1.82) is 0 Å². The lowest BCUT2D eigenvalue weighted by Gasteiger charge is -2.33. The highest BCUT2D eigenvalue weighted by Gasteiger charge is 2.27. The van der Waals surface area contributed by atoms with Gasteiger partial charge in [-0.15, -0.1) is 0 Å². The van der Waals surface area contributed by atoms with Crippen molar-refractivity contribution in [3.63, 3.8) is 0 Å². The maximum Gasteiger partial charge on any atom is 0.194 e. The quantitative estimate of drug-likeness (QED) is 0.596. The first-order valence-electron chi connectivity index (χ1n) is 11.0. The Bertz CT molecular complexity index is 852. The van der Waals surface area contributed by atoms with Gasteiger partial charge in [-0.2, -0.15) is 5.10 Å². The van der Waals surface area contributed by atoms with Crippen molar-refractivity contribution in [3.8, 4) is 0 Å². The molecule has 4 rings (SSSR count). The zero-order valence-electron chi connectivity index (χ0n) is 18.5. The normalized spacial score (nSPS) is 20.8. The van der Waals surface area contributed by atoms with Gasteiger partial charge in [0.15, 0.2) is 5.96 Å². The van der Waals surface area contributed by atoms with Gasteiger partial charge in [-0.05, 0) is 43.7 Å². The third-order valence-corrected chi connectivity index (χ3v) is 6.07. The molecule has 1 unspecified atom stereocenters. The van der Waals surface area contributed by atoms with Crippen molar-refractivity contribution in [2.45, 2.75) is 25.8 Å². The average molecular weight is 411 g/mol. The number of anilines is 1. The van der Waals surface area contributed by atoms with E-state index < -0.39 is 0 Å². The van der Waals surface area contributed by atoms with Crippen molar-refractivity contribution < 1.29 is 0 Å². The summed E-state index contributed by atoms with van der Waals surface area (Å²) >= 11 is 0. The Hall–Kier alpha value is -2.61. The number of piperazine rings is 1. The third kappa shape index (κ3) is 4.92. The molecule has 8 nitrogen and oxygen atoms in total. The second-order valence-electron chi connectivity index (χ2n) is 8.36. The molecule has 30 heavy (non-hydrogen) atoms. The van der Waals surface area contributed by atoms with Gasteiger partial charge in [0.2, 0.25) is 0 Å². The fourth-order valence-corrected chi connectivity index (χ4v) is 4.24. The Balaban J connectivity index is 1.41. The minimum absolute atomic E-state index is 0.521. The second kappa shape index (κ2) is 9.47. The number of guanidine groups is 1. The SMILES string of the molecule is CCNC(=NCc1ccnc(N2CCN(C)CC2)c1)N1CCC(c2cnn(C)c2)C1. The fourth-order valence-electron chi connectivity index (χ4n) is 4.24. The summed E-state index contributed by atoms with van der Waals surface area (Å²) < 4.78 is 1.89. The number of nitrogens with zero attached hydrogens (tertiary/aromatic N) is 7. The van der Waals surface area contributed by atoms with E-state index in [9.17, 15) is 0 Å². The molecule has 8 heteroatoms. The van der Waals surface area contributed by atoms with Crippen LogP contribution in [0.4, 0.5) is 5.82 Å². The van der Waals surface area contributed by atoms with Gasteiger partial charge in [0.05, 0.1) is 12.7 Å². The molecule has 0 aromatic carbocycles. The molecule has 0 aliphatic carbocycles. The van der Waals surface area contributed by atoms with Crippen LogP contribution in [0, 0.1) is 0 Å². The molecule has 0 spiro atoms. The van der Waals surface area contributed by atoms with Gasteiger partial charge in [-0.3, -0.25) is 4.68 Å². The summed E-state index contributed by atoms with van der Waals surface area (Å²) in [4.78, 5) is 16.7. The number of likely N-dealkylation sites (N-methyl/N-ethyl adjacent to an activating group) is 1. The van der Waals surface area contributed by atoms with Gasteiger partial charge < -0.3 is 20.0 Å². The maximum atomic E-state index is 4.95. The van der Waals surface area contributed by atoms with Crippen LogP contribution in [0.5, 0.6) is 0 Å². The molecule has 2 saturated heterocycles. The molecule has 2 aliphatic heterocycles. The number of aliphatic imine (C=N–C) groups is 1. The molecule has 0 amide bonds. The Kier molecular flexibility index (Phi) is 6.52. The standard InChI is InChI=1S/C22H34N8/c1-4-23-22(30-8-6-19(17-30)20-15-26-28(3)16-20)25-14-18-5-7-24-21(13-18)29-11-9-27(2)10-12-29/h5,7,13,15-16,19H,4,6,8-12,14,17H2,1-3H3,(H,23,25). The van der Waals surface area contributed by atoms with E-state index in [0.717, 1.165) is 64.0 Å². The minimum Gasteiger partial charge on any atom is -0.357 e. The van der Waals surface area contributed by atoms with E-state index >= 15 is 0 Å². The summed E-state index contributed by atoms with van der Waals surface area (Å²) in [5.74, 6) is 2.59. The van der Waals surface area contributed by atoms with Crippen LogP contribution in [-0.2, 0) is 13.6 Å². The first-order chi connectivity index (χ1) is 14.6. The van der Waals surface area contributed by atoms with Crippen molar-refractivity contribution in [2.75, 3.05) is 57.8 Å². The van der Waals surface area contributed by atoms with Gasteiger partial charge in [0, 0.05) is 71.2 Å². The van der Waals surface area contributed by atoms with E-state index in [2.05, 4.69) is 62.4 Å². The summed E-state index contributed by atoms with van der Waals surface area (Å²) in [6.45, 7) is 9.90. The van der Waals surface area contributed by atoms with Crippen LogP contribution >= 0.6 is 0 Å². The van der Waals surface area contributed by atoms with E-state index in [1.54, 1.807) is 0 Å². The smallest absolute Gasteiger partial charge is 0.194 e. The number of nitrogens with one attached hydrogen (secondary N) is 1. The third-order valence-electron chi connectivity index (χ3n) is 6.07. The molecule has 2 fully saturated rings. The van der Waals surface area contributed by atoms with E-state index in [0.29, 0.717) is 12.5 Å². The lowest BCUT2D eigenvalue weighted by Crippen LogP contribution is -2.44. The van der Waals surface area contributed by atoms with Crippen molar-refractivity contribution >= 4 is 11.8 Å². The summed E-state index contributed by atoms with van der Waals surface area (Å²) in [7, 11) is 4.16. The van der Waals surface area contributed by atoms with Gasteiger partial charge in [-0.1, -0.05) is 0 Å². The Morgan fingerprint density at radius 3 is 2.77 bits per heavy atom. The molecular formula is C22H34N8. The second-order valence-corrected chi connectivity index (χ2v) is 8.36. The summed E-state index contributed by atoms with van der Waals surface area (Å²) in [5, 5.41) is 7.81. The van der Waals surface area contributed by atoms with Crippen LogP contribution in [0.15, 0.2) is 35.7 Å². The molecule has 2 aromatic rings. The number of aromatic nitrogens is 3. The lowest BCUT2D eigenvalue weighted by molar-refractivity contribution is 0.312. The molecule has 1 N–H and O–H groups in total. The molecule has 1 atom stereocenters. The van der Waals surface area contributed by atoms with Crippen molar-refractivity contribution in [1.82, 2.24) is 29.9 Å². The van der Waals surface area contributed by atoms with Crippen molar-refractivity contribution in [2.24, 2.45) is 12.0 Å². The Labute approximate surface area is 179 Å². The molecule has 0 bridgehead atoms. The van der Waals surface area contributed by atoms with E-state index in [4.69, 9.17) is 4.99 Å². The average Bonchev–Trinajstić information content (AvgIpc) is 3.41. The van der Waals surface area contributed by atoms with Crippen LogP contribution < -0.4 is 10.2 Å². The number of hydrogen-bond donors (Lipinski definition) is 1.